The van der Waals surface area contributed by atoms with Gasteiger partial charge in [-0.05, 0) is 24.6 Å². The maximum Gasteiger partial charge on any atom is 0.223 e. The second-order valence-corrected chi connectivity index (χ2v) is 4.25. The molecule has 0 amide bonds. The first-order valence-electron chi connectivity index (χ1n) is 6.03. The third-order valence-electron chi connectivity index (χ3n) is 2.96. The average Bonchev–Trinajstić information content (AvgIpc) is 2.76. The Hall–Kier alpha value is -2.62. The predicted molar refractivity (Wildman–Crippen MR) is 73.2 cm³/mol. The van der Waals surface area contributed by atoms with Crippen molar-refractivity contribution in [2.75, 3.05) is 0 Å². The van der Waals surface area contributed by atoms with E-state index in [2.05, 4.69) is 10.1 Å². The van der Waals surface area contributed by atoms with Gasteiger partial charge in [0, 0.05) is 6.20 Å². The number of rotatable bonds is 2. The summed E-state index contributed by atoms with van der Waals surface area (Å²) in [6, 6.07) is 15.2. The highest BCUT2D eigenvalue weighted by atomic mass is 16.3. The summed E-state index contributed by atoms with van der Waals surface area (Å²) in [5.74, 6) is 0.715. The summed E-state index contributed by atoms with van der Waals surface area (Å²) in [4.78, 5) is 4.20. The number of hydrogen-bond acceptors (Lipinski definition) is 3. The van der Waals surface area contributed by atoms with Crippen molar-refractivity contribution in [3.63, 3.8) is 0 Å². The fourth-order valence-electron chi connectivity index (χ4n) is 2.10. The summed E-state index contributed by atoms with van der Waals surface area (Å²) in [7, 11) is 0. The first kappa shape index (κ1) is 11.5. The molecule has 0 unspecified atom stereocenters. The van der Waals surface area contributed by atoms with E-state index in [0.717, 1.165) is 16.8 Å². The second-order valence-electron chi connectivity index (χ2n) is 4.25. The van der Waals surface area contributed by atoms with Gasteiger partial charge in [-0.15, -0.1) is 0 Å². The smallest absolute Gasteiger partial charge is 0.223 e. The van der Waals surface area contributed by atoms with Crippen LogP contribution in [0.4, 0.5) is 0 Å². The van der Waals surface area contributed by atoms with Crippen LogP contribution in [0.5, 0.6) is 5.88 Å². The molecule has 19 heavy (non-hydrogen) atoms. The molecule has 0 fully saturated rings. The Morgan fingerprint density at radius 3 is 2.42 bits per heavy atom. The van der Waals surface area contributed by atoms with Gasteiger partial charge in [0.25, 0.3) is 0 Å². The normalized spacial score (nSPS) is 10.6. The number of benzene rings is 1. The number of aryl methyl sites for hydroxylation is 1. The van der Waals surface area contributed by atoms with Crippen LogP contribution in [0.3, 0.4) is 0 Å². The topological polar surface area (TPSA) is 50.9 Å². The summed E-state index contributed by atoms with van der Waals surface area (Å²) in [5.41, 5.74) is 2.46. The van der Waals surface area contributed by atoms with Crippen molar-refractivity contribution in [3.8, 4) is 22.8 Å². The number of nitrogens with zero attached hydrogens (tertiary/aromatic N) is 3. The molecule has 0 spiro atoms. The van der Waals surface area contributed by atoms with Crippen molar-refractivity contribution >= 4 is 0 Å². The number of pyridine rings is 1. The lowest BCUT2D eigenvalue weighted by Crippen LogP contribution is -1.98. The Bertz CT molecular complexity index is 690. The van der Waals surface area contributed by atoms with E-state index in [1.54, 1.807) is 12.3 Å². The van der Waals surface area contributed by atoms with Gasteiger partial charge in [0.15, 0.2) is 5.82 Å². The maximum absolute atomic E-state index is 10.4. The molecule has 2 aromatic heterocycles. The zero-order chi connectivity index (χ0) is 13.2. The zero-order valence-electron chi connectivity index (χ0n) is 10.5. The minimum Gasteiger partial charge on any atom is -0.493 e. The van der Waals surface area contributed by atoms with Crippen LogP contribution in [0.1, 0.15) is 5.69 Å². The molecular formula is C15H13N3O. The van der Waals surface area contributed by atoms with Crippen molar-refractivity contribution in [1.29, 1.82) is 0 Å². The quantitative estimate of drug-likeness (QED) is 0.761. The molecule has 94 valence electrons. The van der Waals surface area contributed by atoms with Crippen molar-refractivity contribution < 1.29 is 5.11 Å². The van der Waals surface area contributed by atoms with E-state index < -0.39 is 0 Å². The van der Waals surface area contributed by atoms with E-state index >= 15 is 0 Å². The summed E-state index contributed by atoms with van der Waals surface area (Å²) in [6.07, 6.45) is 1.67. The molecule has 0 aliphatic rings. The van der Waals surface area contributed by atoms with Gasteiger partial charge in [-0.25, -0.2) is 4.98 Å². The van der Waals surface area contributed by atoms with Crippen molar-refractivity contribution in [3.05, 3.63) is 60.4 Å². The second kappa shape index (κ2) is 4.57. The van der Waals surface area contributed by atoms with Crippen molar-refractivity contribution in [2.45, 2.75) is 6.92 Å². The fourth-order valence-corrected chi connectivity index (χ4v) is 2.10. The first-order chi connectivity index (χ1) is 9.27. The molecule has 3 rings (SSSR count). The van der Waals surface area contributed by atoms with Crippen LogP contribution in [0.15, 0.2) is 54.7 Å². The predicted octanol–water partition coefficient (Wildman–Crippen LogP) is 2.95. The number of aromatic nitrogens is 3. The molecule has 0 radical (unpaired) electrons. The molecule has 0 aliphatic heterocycles. The largest absolute Gasteiger partial charge is 0.493 e. The summed E-state index contributed by atoms with van der Waals surface area (Å²) < 4.78 is 1.46. The van der Waals surface area contributed by atoms with Crippen LogP contribution in [-0.4, -0.2) is 19.9 Å². The summed E-state index contributed by atoms with van der Waals surface area (Å²) in [6.45, 7) is 1.88. The van der Waals surface area contributed by atoms with Gasteiger partial charge in [0.2, 0.25) is 5.88 Å². The van der Waals surface area contributed by atoms with E-state index in [1.165, 1.54) is 4.68 Å². The molecule has 1 N–H and O–H groups in total. The number of aromatic hydroxyl groups is 1. The molecule has 0 bridgehead atoms. The van der Waals surface area contributed by atoms with Gasteiger partial charge >= 0.3 is 0 Å². The van der Waals surface area contributed by atoms with Gasteiger partial charge in [0.05, 0.1) is 11.3 Å². The van der Waals surface area contributed by atoms with Gasteiger partial charge in [-0.2, -0.15) is 9.78 Å². The van der Waals surface area contributed by atoms with Crippen LogP contribution in [0.2, 0.25) is 0 Å². The zero-order valence-corrected chi connectivity index (χ0v) is 10.5. The van der Waals surface area contributed by atoms with E-state index in [0.29, 0.717) is 5.82 Å². The minimum atomic E-state index is 0.113. The first-order valence-corrected chi connectivity index (χ1v) is 6.03. The van der Waals surface area contributed by atoms with Gasteiger partial charge in [-0.3, -0.25) is 0 Å². The molecule has 4 heteroatoms. The van der Waals surface area contributed by atoms with Crippen LogP contribution in [0, 0.1) is 6.92 Å². The van der Waals surface area contributed by atoms with E-state index in [1.807, 2.05) is 49.4 Å². The monoisotopic (exact) mass is 251 g/mol. The molecule has 0 atom stereocenters. The Morgan fingerprint density at radius 2 is 1.74 bits per heavy atom. The number of hydrogen-bond donors (Lipinski definition) is 1. The SMILES string of the molecule is Cc1nn(-c2ccccn2)c(O)c1-c1ccccc1. The van der Waals surface area contributed by atoms with E-state index in [4.69, 9.17) is 0 Å². The molecule has 0 aliphatic carbocycles. The molecule has 0 saturated heterocycles. The lowest BCUT2D eigenvalue weighted by molar-refractivity contribution is 0.433. The van der Waals surface area contributed by atoms with Crippen LogP contribution in [-0.2, 0) is 0 Å². The molecule has 4 nitrogen and oxygen atoms in total. The van der Waals surface area contributed by atoms with Crippen LogP contribution >= 0.6 is 0 Å². The van der Waals surface area contributed by atoms with E-state index in [-0.39, 0.29) is 5.88 Å². The standard InChI is InChI=1S/C15H13N3O/c1-11-14(12-7-3-2-4-8-12)15(19)18(17-11)13-9-5-6-10-16-13/h2-10,19H,1H3. The molecule has 0 saturated carbocycles. The third-order valence-corrected chi connectivity index (χ3v) is 2.96. The van der Waals surface area contributed by atoms with Crippen molar-refractivity contribution in [2.24, 2.45) is 0 Å². The minimum absolute atomic E-state index is 0.113. The highest BCUT2D eigenvalue weighted by Crippen LogP contribution is 2.33. The lowest BCUT2D eigenvalue weighted by atomic mass is 10.1. The fraction of sp³-hybridized carbons (Fsp3) is 0.0667. The molecular weight excluding hydrogens is 238 g/mol. The molecule has 2 heterocycles. The van der Waals surface area contributed by atoms with Crippen LogP contribution in [0.25, 0.3) is 16.9 Å². The highest BCUT2D eigenvalue weighted by Gasteiger charge is 2.17. The molecule has 3 aromatic rings. The average molecular weight is 251 g/mol. The molecule has 1 aromatic carbocycles. The van der Waals surface area contributed by atoms with Crippen molar-refractivity contribution in [1.82, 2.24) is 14.8 Å². The Morgan fingerprint density at radius 1 is 1.00 bits per heavy atom. The summed E-state index contributed by atoms with van der Waals surface area (Å²) >= 11 is 0. The van der Waals surface area contributed by atoms with E-state index in [9.17, 15) is 5.11 Å². The Balaban J connectivity index is 2.17. The highest BCUT2D eigenvalue weighted by molar-refractivity contribution is 5.71. The Labute approximate surface area is 111 Å². The summed E-state index contributed by atoms with van der Waals surface area (Å²) in [5, 5.41) is 14.7. The maximum atomic E-state index is 10.4. The lowest BCUT2D eigenvalue weighted by Gasteiger charge is -2.02. The Kier molecular flexibility index (Phi) is 2.76. The van der Waals surface area contributed by atoms with Crippen LogP contribution < -0.4 is 0 Å². The van der Waals surface area contributed by atoms with Gasteiger partial charge in [-0.1, -0.05) is 36.4 Å². The van der Waals surface area contributed by atoms with Gasteiger partial charge in [0.1, 0.15) is 0 Å². The van der Waals surface area contributed by atoms with Gasteiger partial charge < -0.3 is 5.11 Å². The third kappa shape index (κ3) is 1.97.